The van der Waals surface area contributed by atoms with Gasteiger partial charge in [0.15, 0.2) is 0 Å². The van der Waals surface area contributed by atoms with Crippen molar-refractivity contribution in [3.05, 3.63) is 89.4 Å². The second-order valence-electron chi connectivity index (χ2n) is 8.60. The largest absolute Gasteiger partial charge is 0.507 e. The molecule has 1 unspecified atom stereocenters. The highest BCUT2D eigenvalue weighted by molar-refractivity contribution is 6.46. The Morgan fingerprint density at radius 2 is 1.78 bits per heavy atom. The van der Waals surface area contributed by atoms with E-state index in [-0.39, 0.29) is 17.9 Å². The Hall–Kier alpha value is -4.00. The number of unbranched alkanes of at least 4 members (excludes halogenated alkanes) is 2. The number of benzene rings is 2. The molecule has 1 N–H and O–H groups in total. The first kappa shape index (κ1) is 25.1. The van der Waals surface area contributed by atoms with Gasteiger partial charge in [0.25, 0.3) is 11.7 Å². The molecule has 0 saturated carbocycles. The Labute approximate surface area is 210 Å². The molecule has 7 nitrogen and oxygen atoms in total. The van der Waals surface area contributed by atoms with Gasteiger partial charge in [-0.3, -0.25) is 9.59 Å². The fourth-order valence-corrected chi connectivity index (χ4v) is 4.29. The summed E-state index contributed by atoms with van der Waals surface area (Å²) in [5.41, 5.74) is 1.21. The van der Waals surface area contributed by atoms with E-state index in [1.165, 1.54) is 11.2 Å². The highest BCUT2D eigenvalue weighted by Crippen LogP contribution is 2.40. The molecule has 1 amide bonds. The van der Waals surface area contributed by atoms with Gasteiger partial charge in [-0.25, -0.2) is 0 Å². The molecule has 1 fully saturated rings. The van der Waals surface area contributed by atoms with Crippen LogP contribution in [0.4, 0.5) is 0 Å². The summed E-state index contributed by atoms with van der Waals surface area (Å²) >= 11 is 0. The van der Waals surface area contributed by atoms with Gasteiger partial charge in [-0.2, -0.15) is 0 Å². The number of carbonyl (C=O) groups excluding carboxylic acids is 2. The van der Waals surface area contributed by atoms with E-state index in [0.29, 0.717) is 36.0 Å². The predicted molar refractivity (Wildman–Crippen MR) is 136 cm³/mol. The van der Waals surface area contributed by atoms with Crippen molar-refractivity contribution < 1.29 is 28.6 Å². The maximum atomic E-state index is 13.2. The number of hydrogen-bond acceptors (Lipinski definition) is 6. The lowest BCUT2D eigenvalue weighted by atomic mass is 9.99. The van der Waals surface area contributed by atoms with E-state index in [1.54, 1.807) is 36.4 Å². The second kappa shape index (κ2) is 11.6. The van der Waals surface area contributed by atoms with Crippen molar-refractivity contribution in [1.82, 2.24) is 4.90 Å². The number of hydrogen-bond donors (Lipinski definition) is 1. The summed E-state index contributed by atoms with van der Waals surface area (Å²) in [5.74, 6) is 0.0499. The third-order valence-electron chi connectivity index (χ3n) is 6.06. The molecule has 1 aromatic heterocycles. The van der Waals surface area contributed by atoms with Crippen molar-refractivity contribution in [1.29, 1.82) is 0 Å². The molecule has 0 bridgehead atoms. The fraction of sp³-hybridized carbons (Fsp3) is 0.310. The van der Waals surface area contributed by atoms with Gasteiger partial charge in [0.1, 0.15) is 29.1 Å². The van der Waals surface area contributed by atoms with Gasteiger partial charge in [0.05, 0.1) is 25.1 Å². The van der Waals surface area contributed by atoms with Crippen LogP contribution in [0.3, 0.4) is 0 Å². The number of carbonyl (C=O) groups is 2. The van der Waals surface area contributed by atoms with Gasteiger partial charge < -0.3 is 23.9 Å². The highest BCUT2D eigenvalue weighted by Gasteiger charge is 2.47. The molecular weight excluding hydrogens is 458 g/mol. The number of likely N-dealkylation sites (tertiary alicyclic amines) is 1. The van der Waals surface area contributed by atoms with E-state index < -0.39 is 17.7 Å². The topological polar surface area (TPSA) is 89.2 Å². The number of rotatable bonds is 11. The van der Waals surface area contributed by atoms with E-state index >= 15 is 0 Å². The Kier molecular flexibility index (Phi) is 8.10. The molecule has 0 aliphatic carbocycles. The number of nitrogens with zero attached hydrogens (tertiary/aromatic N) is 1. The van der Waals surface area contributed by atoms with Crippen LogP contribution in [0.2, 0.25) is 0 Å². The maximum absolute atomic E-state index is 13.2. The highest BCUT2D eigenvalue weighted by atomic mass is 16.5. The third-order valence-corrected chi connectivity index (χ3v) is 6.06. The molecule has 1 aliphatic rings. The van der Waals surface area contributed by atoms with Crippen molar-refractivity contribution in [3.8, 4) is 11.5 Å². The zero-order valence-electron chi connectivity index (χ0n) is 20.6. The van der Waals surface area contributed by atoms with Crippen molar-refractivity contribution in [2.75, 3.05) is 13.2 Å². The lowest BCUT2D eigenvalue weighted by Gasteiger charge is -2.23. The van der Waals surface area contributed by atoms with E-state index in [0.717, 1.165) is 24.8 Å². The summed E-state index contributed by atoms with van der Waals surface area (Å²) in [5, 5.41) is 11.2. The van der Waals surface area contributed by atoms with Crippen LogP contribution in [-0.4, -0.2) is 34.9 Å². The molecule has 2 aromatic carbocycles. The number of aliphatic hydroxyl groups excluding tert-OH is 1. The van der Waals surface area contributed by atoms with E-state index in [1.807, 2.05) is 31.2 Å². The zero-order chi connectivity index (χ0) is 25.5. The number of aliphatic hydroxyl groups is 1. The Balaban J connectivity index is 1.65. The number of Topliss-reactive ketones (excluding diaryl/α,β-unsaturated/α-hetero) is 1. The quantitative estimate of drug-likeness (QED) is 0.157. The van der Waals surface area contributed by atoms with Crippen LogP contribution >= 0.6 is 0 Å². The Morgan fingerprint density at radius 1 is 0.972 bits per heavy atom. The van der Waals surface area contributed by atoms with Crippen LogP contribution in [0.1, 0.15) is 56.0 Å². The van der Waals surface area contributed by atoms with Crippen LogP contribution in [0.25, 0.3) is 5.76 Å². The predicted octanol–water partition coefficient (Wildman–Crippen LogP) is 5.87. The van der Waals surface area contributed by atoms with Crippen molar-refractivity contribution in [3.63, 3.8) is 0 Å². The minimum atomic E-state index is -0.860. The van der Waals surface area contributed by atoms with Crippen LogP contribution in [0, 0.1) is 0 Å². The van der Waals surface area contributed by atoms with Crippen molar-refractivity contribution in [2.45, 2.75) is 45.7 Å². The molecule has 1 saturated heterocycles. The Morgan fingerprint density at radius 3 is 2.47 bits per heavy atom. The summed E-state index contributed by atoms with van der Waals surface area (Å²) in [6.07, 6.45) is 4.66. The lowest BCUT2D eigenvalue weighted by molar-refractivity contribution is -0.140. The summed E-state index contributed by atoms with van der Waals surface area (Å²) in [6, 6.07) is 16.8. The smallest absolute Gasteiger partial charge is 0.296 e. The van der Waals surface area contributed by atoms with Crippen molar-refractivity contribution in [2.24, 2.45) is 0 Å². The second-order valence-corrected chi connectivity index (χ2v) is 8.60. The van der Waals surface area contributed by atoms with Crippen LogP contribution < -0.4 is 9.47 Å². The monoisotopic (exact) mass is 489 g/mol. The van der Waals surface area contributed by atoms with Gasteiger partial charge in [0.2, 0.25) is 0 Å². The lowest BCUT2D eigenvalue weighted by Crippen LogP contribution is -2.29. The van der Waals surface area contributed by atoms with Gasteiger partial charge in [-0.15, -0.1) is 0 Å². The molecule has 188 valence electrons. The summed E-state index contributed by atoms with van der Waals surface area (Å²) in [4.78, 5) is 27.7. The fourth-order valence-electron chi connectivity index (χ4n) is 4.29. The number of furan rings is 1. The summed E-state index contributed by atoms with van der Waals surface area (Å²) in [7, 11) is 0. The van der Waals surface area contributed by atoms with E-state index in [2.05, 4.69) is 6.92 Å². The SMILES string of the molecule is CCCCCOc1ccc(/C(O)=C2/C(=O)C(=O)N(Cc3cccc(OCC)c3)C2c2ccco2)cc1. The first-order valence-corrected chi connectivity index (χ1v) is 12.3. The minimum Gasteiger partial charge on any atom is -0.507 e. The molecule has 3 aromatic rings. The van der Waals surface area contributed by atoms with Gasteiger partial charge >= 0.3 is 0 Å². The van der Waals surface area contributed by atoms with Crippen molar-refractivity contribution >= 4 is 17.4 Å². The van der Waals surface area contributed by atoms with Crippen LogP contribution in [0.5, 0.6) is 11.5 Å². The molecule has 36 heavy (non-hydrogen) atoms. The Bertz CT molecular complexity index is 1210. The van der Waals surface area contributed by atoms with Crippen LogP contribution in [0.15, 0.2) is 76.9 Å². The summed E-state index contributed by atoms with van der Waals surface area (Å²) in [6.45, 7) is 5.32. The first-order chi connectivity index (χ1) is 17.5. The molecular formula is C29H31NO6. The van der Waals surface area contributed by atoms with Crippen LogP contribution in [-0.2, 0) is 16.1 Å². The van der Waals surface area contributed by atoms with E-state index in [9.17, 15) is 14.7 Å². The molecule has 4 rings (SSSR count). The molecule has 0 spiro atoms. The first-order valence-electron chi connectivity index (χ1n) is 12.3. The maximum Gasteiger partial charge on any atom is 0.296 e. The molecule has 7 heteroatoms. The number of ether oxygens (including phenoxy) is 2. The van der Waals surface area contributed by atoms with Gasteiger partial charge in [0, 0.05) is 12.1 Å². The normalized spacial score (nSPS) is 16.9. The number of amides is 1. The summed E-state index contributed by atoms with van der Waals surface area (Å²) < 4.78 is 16.9. The van der Waals surface area contributed by atoms with Gasteiger partial charge in [-0.05, 0) is 67.4 Å². The molecule has 1 aliphatic heterocycles. The van der Waals surface area contributed by atoms with E-state index in [4.69, 9.17) is 13.9 Å². The molecule has 0 radical (unpaired) electrons. The standard InChI is InChI=1S/C29H31NO6/c1-3-5-6-16-35-22-14-12-21(13-15-22)27(31)25-26(24-11-8-17-36-24)30(29(33)28(25)32)19-20-9-7-10-23(18-20)34-4-2/h7-15,17-18,26,31H,3-6,16,19H2,1-2H3/b27-25-. The average molecular weight is 490 g/mol. The third kappa shape index (κ3) is 5.46. The number of ketones is 1. The minimum absolute atomic E-state index is 0.00692. The average Bonchev–Trinajstić information content (AvgIpc) is 3.50. The van der Waals surface area contributed by atoms with Gasteiger partial charge in [-0.1, -0.05) is 31.9 Å². The zero-order valence-corrected chi connectivity index (χ0v) is 20.6. The molecule has 2 heterocycles. The molecule has 1 atom stereocenters.